The number of hydrogen-bond donors (Lipinski definition) is 0. The van der Waals surface area contributed by atoms with Gasteiger partial charge >= 0.3 is 16.5 Å². The van der Waals surface area contributed by atoms with Gasteiger partial charge < -0.3 is 28.3 Å². The third kappa shape index (κ3) is 11.5. The molecule has 0 aromatic carbocycles. The fourth-order valence-corrected chi connectivity index (χ4v) is 2.80. The maximum Gasteiger partial charge on any atom is 0.466 e. The summed E-state index contributed by atoms with van der Waals surface area (Å²) in [5.74, 6) is 0. The molecule has 0 N–H and O–H groups in total. The Bertz CT molecular complexity index is 114. The Kier molecular flexibility index (Phi) is 13.7. The Balaban J connectivity index is 2.92. The summed E-state index contributed by atoms with van der Waals surface area (Å²) in [6.07, 6.45) is 4.84. The van der Waals surface area contributed by atoms with E-state index in [2.05, 4.69) is 32.7 Å². The van der Waals surface area contributed by atoms with Crippen LogP contribution in [-0.2, 0) is 9.47 Å². The van der Waals surface area contributed by atoms with Crippen LogP contribution in [0.4, 0.5) is 0 Å². The topological polar surface area (TPSA) is 18.5 Å². The summed E-state index contributed by atoms with van der Waals surface area (Å²) < 4.78 is 11.6. The molecule has 1 unspecified atom stereocenters. The van der Waals surface area contributed by atoms with Crippen LogP contribution in [-0.4, -0.2) is 36.5 Å². The monoisotopic (exact) mass is 324 g/mol. The van der Waals surface area contributed by atoms with Crippen molar-refractivity contribution in [2.75, 3.05) is 20.0 Å². The predicted octanol–water partition coefficient (Wildman–Crippen LogP) is 3.42. The van der Waals surface area contributed by atoms with E-state index in [1.165, 1.54) is 19.3 Å². The second-order valence-corrected chi connectivity index (χ2v) is 8.03. The summed E-state index contributed by atoms with van der Waals surface area (Å²) in [5, 5.41) is 0. The first-order valence-electron chi connectivity index (χ1n) is 5.52. The first kappa shape index (κ1) is 15.4. The highest BCUT2D eigenvalue weighted by atomic mass is 127. The molecule has 0 saturated carbocycles. The second kappa shape index (κ2) is 12.5. The molecule has 0 heterocycles. The standard InChI is InChI=1S/C10H21O2.HI.Mg/c1-3-5-7-9-12-10-11-8-6-4-2;;/h3H,4-10H2,1-2H3;1H;/q;;+1/p-1. The average Bonchev–Trinajstić information content (AvgIpc) is 2.21. The van der Waals surface area contributed by atoms with Crippen molar-refractivity contribution >= 4 is 35.3 Å². The van der Waals surface area contributed by atoms with Crippen LogP contribution >= 0.6 is 18.9 Å². The highest BCUT2D eigenvalue weighted by Gasteiger charge is 2.02. The zero-order valence-electron chi connectivity index (χ0n) is 9.43. The zero-order valence-corrected chi connectivity index (χ0v) is 13.0. The largest absolute Gasteiger partial charge is 0.466 e. The van der Waals surface area contributed by atoms with Gasteiger partial charge in [0.15, 0.2) is 0 Å². The molecule has 0 amide bonds. The van der Waals surface area contributed by atoms with Crippen molar-refractivity contribution in [1.82, 2.24) is 0 Å². The lowest BCUT2D eigenvalue weighted by Crippen LogP contribution is -2.03. The molecule has 0 bridgehead atoms. The Labute approximate surface area is 108 Å². The molecule has 1 atom stereocenters. The molecule has 0 aromatic heterocycles. The molecule has 0 aliphatic rings. The molecular weight excluding hydrogens is 303 g/mol. The van der Waals surface area contributed by atoms with Gasteiger partial charge in [-0.15, -0.1) is 4.05 Å². The van der Waals surface area contributed by atoms with E-state index in [0.717, 1.165) is 23.7 Å². The van der Waals surface area contributed by atoms with Gasteiger partial charge in [-0.1, -0.05) is 26.7 Å². The maximum atomic E-state index is 5.37. The van der Waals surface area contributed by atoms with Crippen LogP contribution in [0.25, 0.3) is 0 Å². The summed E-state index contributed by atoms with van der Waals surface area (Å²) in [5.41, 5.74) is 0. The summed E-state index contributed by atoms with van der Waals surface area (Å²) in [6, 6.07) is 0. The fraction of sp³-hybridized carbons (Fsp3) is 1.00. The van der Waals surface area contributed by atoms with Crippen LogP contribution in [0.3, 0.4) is 0 Å². The Morgan fingerprint density at radius 1 is 1.21 bits per heavy atom. The van der Waals surface area contributed by atoms with Crippen LogP contribution in [0.2, 0.25) is 4.05 Å². The van der Waals surface area contributed by atoms with E-state index >= 15 is 0 Å². The fourth-order valence-electron chi connectivity index (χ4n) is 1.03. The van der Waals surface area contributed by atoms with Gasteiger partial charge in [0.05, 0.1) is 0 Å². The van der Waals surface area contributed by atoms with E-state index in [1.54, 1.807) is 0 Å². The molecule has 0 aliphatic carbocycles. The molecule has 2 nitrogen and oxygen atoms in total. The van der Waals surface area contributed by atoms with Crippen molar-refractivity contribution in [3.05, 3.63) is 0 Å². The predicted molar refractivity (Wildman–Crippen MR) is 70.1 cm³/mol. The summed E-state index contributed by atoms with van der Waals surface area (Å²) in [7, 11) is 0. The lowest BCUT2D eigenvalue weighted by molar-refractivity contribution is -0.0552. The Hall–Kier alpha value is 1.42. The Morgan fingerprint density at radius 3 is 2.43 bits per heavy atom. The van der Waals surface area contributed by atoms with Gasteiger partial charge in [-0.2, -0.15) is 0 Å². The van der Waals surface area contributed by atoms with Crippen molar-refractivity contribution in [3.63, 3.8) is 0 Å². The molecule has 0 aliphatic heterocycles. The number of halogens is 1. The van der Waals surface area contributed by atoms with Crippen molar-refractivity contribution in [3.8, 4) is 0 Å². The summed E-state index contributed by atoms with van der Waals surface area (Å²) in [4.78, 5) is 0. The molecule has 0 aromatic rings. The van der Waals surface area contributed by atoms with Crippen LogP contribution < -0.4 is 0 Å². The van der Waals surface area contributed by atoms with Gasteiger partial charge in [-0.05, 0) is 12.8 Å². The van der Waals surface area contributed by atoms with Crippen molar-refractivity contribution < 1.29 is 9.47 Å². The minimum atomic E-state index is 0.171. The van der Waals surface area contributed by atoms with Crippen LogP contribution in [0.5, 0.6) is 0 Å². The number of ether oxygens (including phenoxy) is 2. The van der Waals surface area contributed by atoms with Gasteiger partial charge in [-0.3, -0.25) is 0 Å². The third-order valence-corrected chi connectivity index (χ3v) is 7.50. The summed E-state index contributed by atoms with van der Waals surface area (Å²) >= 11 is 2.74. The average molecular weight is 324 g/mol. The second-order valence-electron chi connectivity index (χ2n) is 3.69. The Morgan fingerprint density at radius 2 is 1.86 bits per heavy atom. The van der Waals surface area contributed by atoms with E-state index < -0.39 is 0 Å². The molecule has 0 fully saturated rings. The van der Waals surface area contributed by atoms with Crippen molar-refractivity contribution in [1.29, 1.82) is 0 Å². The molecular formula is C10H21IMgO2. The van der Waals surface area contributed by atoms with Gasteiger partial charge in [-0.25, -0.2) is 0 Å². The smallest absolute Gasteiger partial charge is 0.355 e. The van der Waals surface area contributed by atoms with E-state index in [-0.39, 0.29) is 16.5 Å². The number of unbranched alkanes of at least 4 members (excludes halogenated alkanes) is 1. The quantitative estimate of drug-likeness (QED) is 0.265. The lowest BCUT2D eigenvalue weighted by atomic mass is 10.2. The SMILES string of the molecule is CCCCOCOCCC[CH](C)[Mg][I]. The van der Waals surface area contributed by atoms with Crippen LogP contribution in [0.1, 0.15) is 39.5 Å². The van der Waals surface area contributed by atoms with E-state index in [0.29, 0.717) is 6.79 Å². The highest BCUT2D eigenvalue weighted by molar-refractivity contribution is 14.1. The normalized spacial score (nSPS) is 12.5. The van der Waals surface area contributed by atoms with Gasteiger partial charge in [0.1, 0.15) is 6.79 Å². The van der Waals surface area contributed by atoms with Gasteiger partial charge in [0.2, 0.25) is 0 Å². The number of rotatable bonds is 10. The molecule has 82 valence electrons. The number of hydrogen-bond acceptors (Lipinski definition) is 2. The first-order valence-corrected chi connectivity index (χ1v) is 11.5. The minimum absolute atomic E-state index is 0.171. The molecule has 14 heavy (non-hydrogen) atoms. The van der Waals surface area contributed by atoms with Crippen LogP contribution in [0, 0.1) is 0 Å². The molecule has 0 saturated heterocycles. The van der Waals surface area contributed by atoms with E-state index in [1.807, 2.05) is 0 Å². The van der Waals surface area contributed by atoms with Crippen molar-refractivity contribution in [2.24, 2.45) is 0 Å². The maximum absolute atomic E-state index is 5.37. The highest BCUT2D eigenvalue weighted by Crippen LogP contribution is 2.12. The summed E-state index contributed by atoms with van der Waals surface area (Å²) in [6.45, 7) is 6.70. The van der Waals surface area contributed by atoms with Crippen molar-refractivity contribution in [2.45, 2.75) is 43.6 Å². The van der Waals surface area contributed by atoms with Gasteiger partial charge in [0.25, 0.3) is 0 Å². The van der Waals surface area contributed by atoms with E-state index in [9.17, 15) is 0 Å². The van der Waals surface area contributed by atoms with Gasteiger partial charge in [0, 0.05) is 13.2 Å². The van der Waals surface area contributed by atoms with Crippen LogP contribution in [0.15, 0.2) is 0 Å². The lowest BCUT2D eigenvalue weighted by Gasteiger charge is -2.07. The van der Waals surface area contributed by atoms with E-state index in [4.69, 9.17) is 9.47 Å². The molecule has 0 rings (SSSR count). The minimum Gasteiger partial charge on any atom is -0.355 e. The molecule has 0 radical (unpaired) electrons. The molecule has 4 heteroatoms. The third-order valence-electron chi connectivity index (χ3n) is 2.06. The molecule has 0 spiro atoms. The first-order chi connectivity index (χ1) is 6.81. The zero-order chi connectivity index (χ0) is 10.6.